The van der Waals surface area contributed by atoms with Gasteiger partial charge in [0.15, 0.2) is 0 Å². The van der Waals surface area contributed by atoms with Crippen LogP contribution in [0.5, 0.6) is 0 Å². The smallest absolute Gasteiger partial charge is 0.125 e. The van der Waals surface area contributed by atoms with Gasteiger partial charge in [0, 0.05) is 28.4 Å². The molecule has 0 N–H and O–H groups in total. The summed E-state index contributed by atoms with van der Waals surface area (Å²) in [6.45, 7) is 4.08. The third kappa shape index (κ3) is 2.56. The number of aryl methyl sites for hydroxylation is 2. The third-order valence-corrected chi connectivity index (χ3v) is 3.90. The molecule has 0 saturated heterocycles. The van der Waals surface area contributed by atoms with Crippen LogP contribution in [0.2, 0.25) is 0 Å². The van der Waals surface area contributed by atoms with Crippen molar-refractivity contribution < 1.29 is 0 Å². The molecule has 0 bridgehead atoms. The van der Waals surface area contributed by atoms with Crippen molar-refractivity contribution in [3.8, 4) is 21.8 Å². The lowest BCUT2D eigenvalue weighted by molar-refractivity contribution is 1.20. The average molecular weight is 266 g/mol. The lowest BCUT2D eigenvalue weighted by Gasteiger charge is -1.98. The number of aromatic nitrogens is 2. The first-order valence-electron chi connectivity index (χ1n) is 6.18. The van der Waals surface area contributed by atoms with E-state index >= 15 is 0 Å². The summed E-state index contributed by atoms with van der Waals surface area (Å²) in [5.74, 6) is 0. The molecule has 0 amide bonds. The molecule has 2 aromatic heterocycles. The van der Waals surface area contributed by atoms with Crippen LogP contribution >= 0.6 is 11.3 Å². The first-order chi connectivity index (χ1) is 9.22. The second-order valence-electron chi connectivity index (χ2n) is 4.59. The summed E-state index contributed by atoms with van der Waals surface area (Å²) >= 11 is 1.66. The predicted molar refractivity (Wildman–Crippen MR) is 80.3 cm³/mol. The van der Waals surface area contributed by atoms with Gasteiger partial charge in [0.2, 0.25) is 0 Å². The SMILES string of the molecule is Cc1ccc(-c2csc(-c3ccc(C)nc3)n2)cc1. The Labute approximate surface area is 116 Å². The second kappa shape index (κ2) is 4.94. The van der Waals surface area contributed by atoms with Gasteiger partial charge in [-0.2, -0.15) is 0 Å². The summed E-state index contributed by atoms with van der Waals surface area (Å²) in [5, 5.41) is 3.11. The van der Waals surface area contributed by atoms with E-state index in [2.05, 4.69) is 52.6 Å². The van der Waals surface area contributed by atoms with Crippen molar-refractivity contribution in [3.63, 3.8) is 0 Å². The van der Waals surface area contributed by atoms with Gasteiger partial charge < -0.3 is 0 Å². The Hall–Kier alpha value is -2.00. The topological polar surface area (TPSA) is 25.8 Å². The number of rotatable bonds is 2. The minimum atomic E-state index is 1.02. The number of nitrogens with zero attached hydrogens (tertiary/aromatic N) is 2. The van der Waals surface area contributed by atoms with Gasteiger partial charge in [-0.1, -0.05) is 29.8 Å². The molecular formula is C16H14N2S. The van der Waals surface area contributed by atoms with E-state index in [1.807, 2.05) is 19.2 Å². The Morgan fingerprint density at radius 2 is 1.63 bits per heavy atom. The van der Waals surface area contributed by atoms with Gasteiger partial charge in [-0.25, -0.2) is 4.98 Å². The van der Waals surface area contributed by atoms with E-state index < -0.39 is 0 Å². The predicted octanol–water partition coefficient (Wildman–Crippen LogP) is 4.49. The van der Waals surface area contributed by atoms with Crippen LogP contribution in [-0.2, 0) is 0 Å². The first-order valence-corrected chi connectivity index (χ1v) is 7.06. The fraction of sp³-hybridized carbons (Fsp3) is 0.125. The Kier molecular flexibility index (Phi) is 3.13. The van der Waals surface area contributed by atoms with Gasteiger partial charge in [0.1, 0.15) is 5.01 Å². The molecular weight excluding hydrogens is 252 g/mol. The van der Waals surface area contributed by atoms with E-state index in [0.29, 0.717) is 0 Å². The summed E-state index contributed by atoms with van der Waals surface area (Å²) in [5.41, 5.74) is 5.56. The number of benzene rings is 1. The summed E-state index contributed by atoms with van der Waals surface area (Å²) < 4.78 is 0. The minimum absolute atomic E-state index is 1.02. The summed E-state index contributed by atoms with van der Waals surface area (Å²) in [6, 6.07) is 12.5. The molecule has 0 radical (unpaired) electrons. The van der Waals surface area contributed by atoms with Gasteiger partial charge in [0.05, 0.1) is 5.69 Å². The van der Waals surface area contributed by atoms with Crippen LogP contribution in [0.4, 0.5) is 0 Å². The van der Waals surface area contributed by atoms with Crippen LogP contribution in [-0.4, -0.2) is 9.97 Å². The van der Waals surface area contributed by atoms with E-state index in [-0.39, 0.29) is 0 Å². The van der Waals surface area contributed by atoms with E-state index in [1.165, 1.54) is 5.56 Å². The Balaban J connectivity index is 1.95. The number of hydrogen-bond donors (Lipinski definition) is 0. The summed E-state index contributed by atoms with van der Waals surface area (Å²) in [4.78, 5) is 9.00. The Morgan fingerprint density at radius 1 is 0.895 bits per heavy atom. The molecule has 3 heteroatoms. The highest BCUT2D eigenvalue weighted by Crippen LogP contribution is 2.28. The maximum absolute atomic E-state index is 4.69. The van der Waals surface area contributed by atoms with Crippen LogP contribution in [0.15, 0.2) is 48.0 Å². The molecule has 0 fully saturated rings. The molecule has 0 spiro atoms. The molecule has 0 aliphatic carbocycles. The lowest BCUT2D eigenvalue weighted by atomic mass is 10.1. The highest BCUT2D eigenvalue weighted by atomic mass is 32.1. The monoisotopic (exact) mass is 266 g/mol. The van der Waals surface area contributed by atoms with Crippen molar-refractivity contribution in [2.75, 3.05) is 0 Å². The fourth-order valence-electron chi connectivity index (χ4n) is 1.86. The van der Waals surface area contributed by atoms with E-state index in [4.69, 9.17) is 0 Å². The maximum Gasteiger partial charge on any atom is 0.125 e. The van der Waals surface area contributed by atoms with Gasteiger partial charge in [0.25, 0.3) is 0 Å². The highest BCUT2D eigenvalue weighted by molar-refractivity contribution is 7.13. The van der Waals surface area contributed by atoms with Crippen LogP contribution < -0.4 is 0 Å². The zero-order valence-corrected chi connectivity index (χ0v) is 11.7. The minimum Gasteiger partial charge on any atom is -0.261 e. The highest BCUT2D eigenvalue weighted by Gasteiger charge is 2.06. The standard InChI is InChI=1S/C16H14N2S/c1-11-3-6-13(7-4-11)15-10-19-16(18-15)14-8-5-12(2)17-9-14/h3-10H,1-2H3. The van der Waals surface area contributed by atoms with E-state index in [9.17, 15) is 0 Å². The second-order valence-corrected chi connectivity index (χ2v) is 5.45. The molecule has 19 heavy (non-hydrogen) atoms. The van der Waals surface area contributed by atoms with Gasteiger partial charge in [-0.15, -0.1) is 11.3 Å². The lowest BCUT2D eigenvalue weighted by Crippen LogP contribution is -1.83. The van der Waals surface area contributed by atoms with Crippen LogP contribution in [0, 0.1) is 13.8 Å². The van der Waals surface area contributed by atoms with Crippen LogP contribution in [0.25, 0.3) is 21.8 Å². The molecule has 0 saturated carbocycles. The summed E-state index contributed by atoms with van der Waals surface area (Å²) in [6.07, 6.45) is 1.88. The summed E-state index contributed by atoms with van der Waals surface area (Å²) in [7, 11) is 0. The third-order valence-electron chi connectivity index (χ3n) is 3.01. The Bertz CT molecular complexity index is 622. The molecule has 0 unspecified atom stereocenters. The van der Waals surface area contributed by atoms with Gasteiger partial charge >= 0.3 is 0 Å². The quantitative estimate of drug-likeness (QED) is 0.683. The molecule has 3 aromatic rings. The number of pyridine rings is 1. The largest absolute Gasteiger partial charge is 0.261 e. The van der Waals surface area contributed by atoms with E-state index in [0.717, 1.165) is 27.5 Å². The van der Waals surface area contributed by atoms with Crippen molar-refractivity contribution in [1.82, 2.24) is 9.97 Å². The average Bonchev–Trinajstić information content (AvgIpc) is 2.90. The van der Waals surface area contributed by atoms with Gasteiger partial charge in [-0.05, 0) is 26.0 Å². The molecule has 0 aliphatic heterocycles. The van der Waals surface area contributed by atoms with Crippen LogP contribution in [0.3, 0.4) is 0 Å². The molecule has 2 nitrogen and oxygen atoms in total. The van der Waals surface area contributed by atoms with Crippen molar-refractivity contribution >= 4 is 11.3 Å². The molecule has 1 aromatic carbocycles. The van der Waals surface area contributed by atoms with E-state index in [1.54, 1.807) is 11.3 Å². The van der Waals surface area contributed by atoms with Gasteiger partial charge in [-0.3, -0.25) is 4.98 Å². The maximum atomic E-state index is 4.69. The number of thiazole rings is 1. The Morgan fingerprint density at radius 3 is 2.32 bits per heavy atom. The van der Waals surface area contributed by atoms with Crippen molar-refractivity contribution in [2.24, 2.45) is 0 Å². The molecule has 94 valence electrons. The van der Waals surface area contributed by atoms with Crippen LogP contribution in [0.1, 0.15) is 11.3 Å². The normalized spacial score (nSPS) is 10.6. The molecule has 2 heterocycles. The molecule has 0 aliphatic rings. The zero-order chi connectivity index (χ0) is 13.2. The van der Waals surface area contributed by atoms with Crippen molar-refractivity contribution in [1.29, 1.82) is 0 Å². The van der Waals surface area contributed by atoms with Crippen molar-refractivity contribution in [3.05, 3.63) is 59.2 Å². The number of hydrogen-bond acceptors (Lipinski definition) is 3. The molecule has 0 atom stereocenters. The first kappa shape index (κ1) is 12.1. The zero-order valence-electron chi connectivity index (χ0n) is 10.9. The van der Waals surface area contributed by atoms with Crippen molar-refractivity contribution in [2.45, 2.75) is 13.8 Å². The fourth-order valence-corrected chi connectivity index (χ4v) is 2.68. The molecule has 3 rings (SSSR count).